The van der Waals surface area contributed by atoms with E-state index in [2.05, 4.69) is 36.2 Å². The van der Waals surface area contributed by atoms with E-state index in [-0.39, 0.29) is 16.8 Å². The van der Waals surface area contributed by atoms with Crippen LogP contribution in [0, 0.1) is 15.9 Å². The van der Waals surface area contributed by atoms with Gasteiger partial charge in [-0.2, -0.15) is 5.11 Å². The first-order valence-corrected chi connectivity index (χ1v) is 7.07. The van der Waals surface area contributed by atoms with Crippen LogP contribution in [0.2, 0.25) is 0 Å². The zero-order chi connectivity index (χ0) is 17.6. The van der Waals surface area contributed by atoms with E-state index in [0.717, 1.165) is 6.07 Å². The number of nitrogens with one attached hydrogen (secondary N) is 1. The third kappa shape index (κ3) is 5.36. The minimum Gasteiger partial charge on any atom is -0.459 e. The lowest BCUT2D eigenvalue weighted by Gasteiger charge is -2.07. The zero-order valence-electron chi connectivity index (χ0n) is 12.1. The number of carbonyl (C=O) groups excluding carboxylic acids is 2. The maximum absolute atomic E-state index is 13.3. The van der Waals surface area contributed by atoms with Crippen molar-refractivity contribution in [3.05, 3.63) is 32.5 Å². The van der Waals surface area contributed by atoms with Crippen LogP contribution >= 0.6 is 15.9 Å². The Balaban J connectivity index is 2.88. The lowest BCUT2D eigenvalue weighted by atomic mass is 10.2. The summed E-state index contributed by atoms with van der Waals surface area (Å²) in [6.45, 7) is 2.98. The zero-order valence-corrected chi connectivity index (χ0v) is 13.7. The maximum atomic E-state index is 13.3. The highest BCUT2D eigenvalue weighted by Gasteiger charge is 2.19. The molecule has 124 valence electrons. The summed E-state index contributed by atoms with van der Waals surface area (Å²) in [5.74, 6) is -2.92. The molecule has 0 fully saturated rings. The summed E-state index contributed by atoms with van der Waals surface area (Å²) in [5, 5.41) is 20.3. The largest absolute Gasteiger partial charge is 0.459 e. The Kier molecular flexibility index (Phi) is 6.69. The summed E-state index contributed by atoms with van der Waals surface area (Å²) in [6.07, 6.45) is -0.949. The van der Waals surface area contributed by atoms with Crippen molar-refractivity contribution >= 4 is 39.2 Å². The van der Waals surface area contributed by atoms with Gasteiger partial charge in [0.25, 0.3) is 5.69 Å². The van der Waals surface area contributed by atoms with Crippen LogP contribution in [0.5, 0.6) is 0 Å². The smallest absolute Gasteiger partial charge is 0.396 e. The molecule has 1 N–H and O–H groups in total. The molecule has 1 amide bonds. The lowest BCUT2D eigenvalue weighted by molar-refractivity contribution is -0.384. The van der Waals surface area contributed by atoms with Crippen LogP contribution in [-0.4, -0.2) is 29.6 Å². The van der Waals surface area contributed by atoms with Gasteiger partial charge in [0.2, 0.25) is 0 Å². The third-order valence-electron chi connectivity index (χ3n) is 2.35. The van der Waals surface area contributed by atoms with Crippen molar-refractivity contribution in [3.8, 4) is 0 Å². The van der Waals surface area contributed by atoms with Gasteiger partial charge < -0.3 is 10.1 Å². The average molecular weight is 391 g/mol. The predicted molar refractivity (Wildman–Crippen MR) is 79.5 cm³/mol. The van der Waals surface area contributed by atoms with Gasteiger partial charge in [-0.3, -0.25) is 14.9 Å². The van der Waals surface area contributed by atoms with Crippen LogP contribution in [0.25, 0.3) is 0 Å². The van der Waals surface area contributed by atoms with E-state index in [1.807, 2.05) is 0 Å². The summed E-state index contributed by atoms with van der Waals surface area (Å²) >= 11 is 2.88. The number of carbonyl (C=O) groups is 2. The van der Waals surface area contributed by atoms with Crippen LogP contribution in [0.4, 0.5) is 15.8 Å². The van der Waals surface area contributed by atoms with Crippen molar-refractivity contribution in [1.29, 1.82) is 0 Å². The first-order valence-electron chi connectivity index (χ1n) is 6.28. The van der Waals surface area contributed by atoms with E-state index >= 15 is 0 Å². The monoisotopic (exact) mass is 390 g/mol. The molecular formula is C12H12BrFN4O5. The number of benzene rings is 1. The normalized spacial score (nSPS) is 12.0. The number of halogens is 2. The molecule has 1 atom stereocenters. The van der Waals surface area contributed by atoms with E-state index in [0.29, 0.717) is 6.07 Å². The highest BCUT2D eigenvalue weighted by Crippen LogP contribution is 2.33. The number of hydrogen-bond acceptors (Lipinski definition) is 7. The molecule has 0 aliphatic rings. The number of esters is 1. The summed E-state index contributed by atoms with van der Waals surface area (Å²) in [5.41, 5.74) is -0.793. The van der Waals surface area contributed by atoms with Gasteiger partial charge in [0.05, 0.1) is 22.1 Å². The van der Waals surface area contributed by atoms with Gasteiger partial charge in [-0.05, 0) is 35.8 Å². The van der Waals surface area contributed by atoms with Crippen LogP contribution in [0.3, 0.4) is 0 Å². The van der Waals surface area contributed by atoms with Crippen LogP contribution in [0.15, 0.2) is 26.8 Å². The van der Waals surface area contributed by atoms with Crippen LogP contribution < -0.4 is 5.32 Å². The van der Waals surface area contributed by atoms with Gasteiger partial charge in [-0.15, -0.1) is 5.11 Å². The Labute approximate surface area is 138 Å². The lowest BCUT2D eigenvalue weighted by Crippen LogP contribution is -2.37. The number of nitro groups is 1. The van der Waals surface area contributed by atoms with Crippen molar-refractivity contribution in [1.82, 2.24) is 5.32 Å². The Morgan fingerprint density at radius 1 is 1.52 bits per heavy atom. The van der Waals surface area contributed by atoms with Crippen molar-refractivity contribution < 1.29 is 23.6 Å². The second-order valence-electron chi connectivity index (χ2n) is 4.10. The van der Waals surface area contributed by atoms with E-state index in [4.69, 9.17) is 0 Å². The molecule has 0 aliphatic heterocycles. The Morgan fingerprint density at radius 2 is 2.17 bits per heavy atom. The van der Waals surface area contributed by atoms with Gasteiger partial charge in [0.15, 0.2) is 5.69 Å². The fourth-order valence-corrected chi connectivity index (χ4v) is 1.71. The maximum Gasteiger partial charge on any atom is 0.396 e. The van der Waals surface area contributed by atoms with Gasteiger partial charge in [0, 0.05) is 0 Å². The molecule has 23 heavy (non-hydrogen) atoms. The van der Waals surface area contributed by atoms with E-state index in [1.54, 1.807) is 6.92 Å². The molecule has 0 saturated heterocycles. The Morgan fingerprint density at radius 3 is 2.74 bits per heavy atom. The van der Waals surface area contributed by atoms with Crippen molar-refractivity contribution in [2.75, 3.05) is 6.61 Å². The first-order chi connectivity index (χ1) is 10.8. The summed E-state index contributed by atoms with van der Waals surface area (Å²) in [6, 6.07) is 1.77. The average Bonchev–Trinajstić information content (AvgIpc) is 2.47. The number of ether oxygens (including phenoxy) is 1. The fourth-order valence-electron chi connectivity index (χ4n) is 1.38. The Hall–Kier alpha value is -2.43. The molecule has 0 saturated carbocycles. The predicted octanol–water partition coefficient (Wildman–Crippen LogP) is 2.61. The molecule has 0 aliphatic carbocycles. The minimum atomic E-state index is -1.08. The summed E-state index contributed by atoms with van der Waals surface area (Å²) < 4.78 is 17.8. The highest BCUT2D eigenvalue weighted by atomic mass is 79.9. The highest BCUT2D eigenvalue weighted by molar-refractivity contribution is 9.10. The quantitative estimate of drug-likeness (QED) is 0.272. The summed E-state index contributed by atoms with van der Waals surface area (Å²) in [4.78, 5) is 32.6. The van der Waals surface area contributed by atoms with Crippen molar-refractivity contribution in [2.24, 2.45) is 10.2 Å². The molecule has 1 rings (SSSR count). The van der Waals surface area contributed by atoms with Gasteiger partial charge in [-0.25, -0.2) is 9.18 Å². The Bertz CT molecular complexity index is 667. The second kappa shape index (κ2) is 8.27. The molecular weight excluding hydrogens is 379 g/mol. The fraction of sp³-hybridized carbons (Fsp3) is 0.333. The molecule has 0 aromatic heterocycles. The molecule has 1 aromatic rings. The molecule has 0 heterocycles. The number of nitrogens with zero attached hydrogens (tertiary/aromatic N) is 3. The number of azo groups is 1. The van der Waals surface area contributed by atoms with Crippen molar-refractivity contribution in [3.63, 3.8) is 0 Å². The molecule has 9 nitrogen and oxygen atoms in total. The number of nitro benzene ring substituents is 1. The van der Waals surface area contributed by atoms with Gasteiger partial charge in [0.1, 0.15) is 12.0 Å². The summed E-state index contributed by atoms with van der Waals surface area (Å²) in [7, 11) is 0. The van der Waals surface area contributed by atoms with Crippen molar-refractivity contribution in [2.45, 2.75) is 20.0 Å². The number of amides is 1. The molecule has 1 unspecified atom stereocenters. The van der Waals surface area contributed by atoms with E-state index in [9.17, 15) is 24.1 Å². The standard InChI is InChI=1S/C12H12BrFN4O5/c1-3-23-12(20)11(19)15-6(2)16-17-9-4-7(13)8(14)5-10(9)18(21)22/h4-6H,3H2,1-2H3,(H,15,19). The van der Waals surface area contributed by atoms with Crippen LogP contribution in [0.1, 0.15) is 13.8 Å². The van der Waals surface area contributed by atoms with E-state index < -0.39 is 34.5 Å². The van der Waals surface area contributed by atoms with Crippen LogP contribution in [-0.2, 0) is 14.3 Å². The first kappa shape index (κ1) is 18.6. The van der Waals surface area contributed by atoms with Gasteiger partial charge >= 0.3 is 11.9 Å². The molecule has 1 aromatic carbocycles. The van der Waals surface area contributed by atoms with Gasteiger partial charge in [-0.1, -0.05) is 0 Å². The third-order valence-corrected chi connectivity index (χ3v) is 2.96. The topological polar surface area (TPSA) is 123 Å². The number of hydrogen-bond donors (Lipinski definition) is 1. The molecule has 0 radical (unpaired) electrons. The molecule has 0 spiro atoms. The molecule has 0 bridgehead atoms. The van der Waals surface area contributed by atoms with E-state index in [1.165, 1.54) is 6.92 Å². The second-order valence-corrected chi connectivity index (χ2v) is 4.95. The minimum absolute atomic E-state index is 0.0275. The number of rotatable bonds is 5. The molecule has 11 heteroatoms. The SMILES string of the molecule is CCOC(=O)C(=O)NC(C)N=Nc1cc(Br)c(F)cc1[N+](=O)[O-].